The Morgan fingerprint density at radius 2 is 1.60 bits per heavy atom. The molecular weight excluding hydrogens is 260 g/mol. The van der Waals surface area contributed by atoms with Gasteiger partial charge in [0.25, 0.3) is 0 Å². The lowest BCUT2D eigenvalue weighted by atomic mass is 9.74. The zero-order valence-corrected chi connectivity index (χ0v) is 13.2. The molecule has 2 N–H and O–H groups in total. The molecule has 20 heavy (non-hydrogen) atoms. The summed E-state index contributed by atoms with van der Waals surface area (Å²) in [7, 11) is 0. The van der Waals surface area contributed by atoms with E-state index >= 15 is 0 Å². The molecule has 0 bridgehead atoms. The number of carboxylic acid groups (broad SMARTS) is 1. The molecule has 0 radical (unpaired) electrons. The van der Waals surface area contributed by atoms with Crippen molar-refractivity contribution < 1.29 is 19.4 Å². The number of carbonyl (C=O) groups excluding carboxylic acids is 1. The Bertz CT molecular complexity index is 383. The van der Waals surface area contributed by atoms with E-state index in [0.29, 0.717) is 13.1 Å². The zero-order valence-electron chi connectivity index (χ0n) is 13.2. The summed E-state index contributed by atoms with van der Waals surface area (Å²) in [6, 6.07) is -0.244. The summed E-state index contributed by atoms with van der Waals surface area (Å²) in [5.74, 6) is -0.938. The van der Waals surface area contributed by atoms with Gasteiger partial charge >= 0.3 is 12.0 Å². The minimum absolute atomic E-state index is 0.0138. The number of rotatable bonds is 3. The minimum atomic E-state index is -1.06. The number of nitrogens with zero attached hydrogens (tertiary/aromatic N) is 1. The summed E-state index contributed by atoms with van der Waals surface area (Å²) in [5, 5.41) is 12.1. The highest BCUT2D eigenvalue weighted by Gasteiger charge is 2.45. The van der Waals surface area contributed by atoms with Crippen molar-refractivity contribution in [1.82, 2.24) is 10.2 Å². The third-order valence-electron chi connectivity index (χ3n) is 4.22. The van der Waals surface area contributed by atoms with Crippen molar-refractivity contribution in [3.63, 3.8) is 0 Å². The minimum Gasteiger partial charge on any atom is -0.481 e. The summed E-state index contributed by atoms with van der Waals surface area (Å²) >= 11 is 0. The lowest BCUT2D eigenvalue weighted by Crippen LogP contribution is -2.61. The number of urea groups is 1. The van der Waals surface area contributed by atoms with Crippen LogP contribution < -0.4 is 5.32 Å². The molecule has 0 saturated carbocycles. The number of hydrogen-bond donors (Lipinski definition) is 2. The molecule has 2 atom stereocenters. The Morgan fingerprint density at radius 1 is 1.15 bits per heavy atom. The van der Waals surface area contributed by atoms with Gasteiger partial charge in [-0.1, -0.05) is 0 Å². The first-order chi connectivity index (χ1) is 8.97. The van der Waals surface area contributed by atoms with Crippen LogP contribution in [0.3, 0.4) is 0 Å². The summed E-state index contributed by atoms with van der Waals surface area (Å²) < 4.78 is 5.59. The lowest BCUT2D eigenvalue weighted by Gasteiger charge is -2.42. The summed E-state index contributed by atoms with van der Waals surface area (Å²) in [4.78, 5) is 25.4. The SMILES string of the molecule is CC1CN(C(=O)NC(C)(C)C(C)(C)C(=O)O)CC(C)O1. The molecule has 1 heterocycles. The van der Waals surface area contributed by atoms with Crippen LogP contribution in [0.5, 0.6) is 0 Å². The second-order valence-corrected chi connectivity index (χ2v) is 6.65. The van der Waals surface area contributed by atoms with E-state index in [1.807, 2.05) is 13.8 Å². The normalized spacial score (nSPS) is 24.4. The highest BCUT2D eigenvalue weighted by Crippen LogP contribution is 2.31. The maximum atomic E-state index is 12.3. The number of carboxylic acids is 1. The molecule has 1 saturated heterocycles. The van der Waals surface area contributed by atoms with Gasteiger partial charge in [-0.15, -0.1) is 0 Å². The van der Waals surface area contributed by atoms with E-state index < -0.39 is 16.9 Å². The molecule has 1 fully saturated rings. The third-order valence-corrected chi connectivity index (χ3v) is 4.22. The molecule has 0 aromatic rings. The lowest BCUT2D eigenvalue weighted by molar-refractivity contribution is -0.150. The summed E-state index contributed by atoms with van der Waals surface area (Å²) in [6.45, 7) is 11.5. The number of carbonyl (C=O) groups is 2. The molecule has 0 spiro atoms. The Labute approximate surface area is 120 Å². The number of hydrogen-bond acceptors (Lipinski definition) is 3. The van der Waals surface area contributed by atoms with Crippen LogP contribution in [0.25, 0.3) is 0 Å². The van der Waals surface area contributed by atoms with Crippen LogP contribution in [0.2, 0.25) is 0 Å². The first kappa shape index (κ1) is 16.8. The van der Waals surface area contributed by atoms with E-state index in [1.54, 1.807) is 32.6 Å². The fraction of sp³-hybridized carbons (Fsp3) is 0.857. The van der Waals surface area contributed by atoms with Crippen LogP contribution >= 0.6 is 0 Å². The second kappa shape index (κ2) is 5.60. The molecule has 2 amide bonds. The fourth-order valence-electron chi connectivity index (χ4n) is 2.11. The Kier molecular flexibility index (Phi) is 4.69. The van der Waals surface area contributed by atoms with Crippen molar-refractivity contribution in [3.05, 3.63) is 0 Å². The van der Waals surface area contributed by atoms with Crippen LogP contribution in [0, 0.1) is 5.41 Å². The second-order valence-electron chi connectivity index (χ2n) is 6.65. The molecule has 2 unspecified atom stereocenters. The van der Waals surface area contributed by atoms with E-state index in [4.69, 9.17) is 4.74 Å². The van der Waals surface area contributed by atoms with Crippen LogP contribution in [0.1, 0.15) is 41.5 Å². The molecule has 1 aliphatic heterocycles. The van der Waals surface area contributed by atoms with E-state index in [9.17, 15) is 14.7 Å². The highest BCUT2D eigenvalue weighted by molar-refractivity contribution is 5.79. The van der Waals surface area contributed by atoms with Gasteiger partial charge in [0.05, 0.1) is 23.2 Å². The smallest absolute Gasteiger partial charge is 0.318 e. The van der Waals surface area contributed by atoms with Crippen molar-refractivity contribution in [1.29, 1.82) is 0 Å². The van der Waals surface area contributed by atoms with Crippen molar-refractivity contribution >= 4 is 12.0 Å². The van der Waals surface area contributed by atoms with Crippen LogP contribution in [-0.4, -0.2) is 52.8 Å². The van der Waals surface area contributed by atoms with Gasteiger partial charge in [0.15, 0.2) is 0 Å². The maximum Gasteiger partial charge on any atom is 0.318 e. The van der Waals surface area contributed by atoms with Gasteiger partial charge in [-0.3, -0.25) is 4.79 Å². The van der Waals surface area contributed by atoms with Gasteiger partial charge in [-0.25, -0.2) is 4.79 Å². The molecular formula is C14H26N2O4. The van der Waals surface area contributed by atoms with Gasteiger partial charge in [-0.05, 0) is 41.5 Å². The number of ether oxygens (including phenoxy) is 1. The van der Waals surface area contributed by atoms with Crippen LogP contribution in [0.15, 0.2) is 0 Å². The van der Waals surface area contributed by atoms with Crippen LogP contribution in [-0.2, 0) is 9.53 Å². The Morgan fingerprint density at radius 3 is 2.00 bits per heavy atom. The van der Waals surface area contributed by atoms with Crippen molar-refractivity contribution in [2.24, 2.45) is 5.41 Å². The van der Waals surface area contributed by atoms with E-state index in [0.717, 1.165) is 0 Å². The molecule has 1 aliphatic rings. The molecule has 0 aromatic heterocycles. The highest BCUT2D eigenvalue weighted by atomic mass is 16.5. The van der Waals surface area contributed by atoms with Gasteiger partial charge in [0, 0.05) is 13.1 Å². The molecule has 6 heteroatoms. The van der Waals surface area contributed by atoms with E-state index in [1.165, 1.54) is 0 Å². The molecule has 1 rings (SSSR count). The summed E-state index contributed by atoms with van der Waals surface area (Å²) in [6.07, 6.45) is -0.0276. The molecule has 116 valence electrons. The standard InChI is InChI=1S/C14H26N2O4/c1-9-7-16(8-10(2)20-9)12(19)15-14(5,6)13(3,4)11(17)18/h9-10H,7-8H2,1-6H3,(H,15,19)(H,17,18). The average molecular weight is 286 g/mol. The molecule has 0 aromatic carbocycles. The predicted molar refractivity (Wildman–Crippen MR) is 75.6 cm³/mol. The first-order valence-corrected chi connectivity index (χ1v) is 6.93. The van der Waals surface area contributed by atoms with Gasteiger partial charge in [-0.2, -0.15) is 0 Å². The van der Waals surface area contributed by atoms with E-state index in [-0.39, 0.29) is 18.2 Å². The average Bonchev–Trinajstić information content (AvgIpc) is 2.26. The van der Waals surface area contributed by atoms with Crippen molar-refractivity contribution in [2.75, 3.05) is 13.1 Å². The Hall–Kier alpha value is -1.30. The third kappa shape index (κ3) is 3.42. The zero-order chi connectivity index (χ0) is 15.7. The first-order valence-electron chi connectivity index (χ1n) is 6.93. The molecule has 0 aliphatic carbocycles. The van der Waals surface area contributed by atoms with Crippen molar-refractivity contribution in [3.8, 4) is 0 Å². The topological polar surface area (TPSA) is 78.9 Å². The van der Waals surface area contributed by atoms with Gasteiger partial charge in [0.2, 0.25) is 0 Å². The number of amides is 2. The van der Waals surface area contributed by atoms with Gasteiger partial charge < -0.3 is 20.1 Å². The predicted octanol–water partition coefficient (Wildman–Crippen LogP) is 1.69. The number of aliphatic carboxylic acids is 1. The largest absolute Gasteiger partial charge is 0.481 e. The number of morpholine rings is 1. The Balaban J connectivity index is 2.77. The number of nitrogens with one attached hydrogen (secondary N) is 1. The van der Waals surface area contributed by atoms with Crippen LogP contribution in [0.4, 0.5) is 4.79 Å². The van der Waals surface area contributed by atoms with Gasteiger partial charge in [0.1, 0.15) is 0 Å². The summed E-state index contributed by atoms with van der Waals surface area (Å²) in [5.41, 5.74) is -1.92. The van der Waals surface area contributed by atoms with E-state index in [2.05, 4.69) is 5.32 Å². The fourth-order valence-corrected chi connectivity index (χ4v) is 2.11. The monoisotopic (exact) mass is 286 g/mol. The van der Waals surface area contributed by atoms with Crippen molar-refractivity contribution in [2.45, 2.75) is 59.3 Å². The quantitative estimate of drug-likeness (QED) is 0.827. The maximum absolute atomic E-state index is 12.3. The molecule has 6 nitrogen and oxygen atoms in total.